The number of carbonyl (C=O) groups excluding carboxylic acids is 1. The van der Waals surface area contributed by atoms with Gasteiger partial charge < -0.3 is 9.88 Å². The van der Waals surface area contributed by atoms with Gasteiger partial charge in [-0.1, -0.05) is 72.8 Å². The number of fused-ring (bicyclic) bond motifs is 1. The van der Waals surface area contributed by atoms with Crippen molar-refractivity contribution >= 4 is 16.9 Å². The minimum atomic E-state index is -0.303. The van der Waals surface area contributed by atoms with E-state index in [9.17, 15) is 4.79 Å². The number of benzene rings is 3. The normalized spacial score (nSPS) is 16.6. The van der Waals surface area contributed by atoms with Crippen LogP contribution in [-0.2, 0) is 4.79 Å². The number of nitrogens with zero attached hydrogens (tertiary/aromatic N) is 2. The van der Waals surface area contributed by atoms with E-state index in [4.69, 9.17) is 4.98 Å². The highest BCUT2D eigenvalue weighted by molar-refractivity contribution is 5.88. The summed E-state index contributed by atoms with van der Waals surface area (Å²) in [6.45, 7) is 0.761. The van der Waals surface area contributed by atoms with Crippen LogP contribution in [0.25, 0.3) is 11.0 Å². The monoisotopic (exact) mass is 381 g/mol. The Labute approximate surface area is 170 Å². The van der Waals surface area contributed by atoms with Crippen LogP contribution in [0.3, 0.4) is 0 Å². The number of imidazole rings is 1. The van der Waals surface area contributed by atoms with E-state index in [1.165, 1.54) is 0 Å². The van der Waals surface area contributed by atoms with Crippen molar-refractivity contribution < 1.29 is 4.79 Å². The number of likely N-dealkylation sites (tertiary alicyclic amines) is 1. The molecule has 1 amide bonds. The van der Waals surface area contributed by atoms with Gasteiger partial charge in [-0.2, -0.15) is 0 Å². The average molecular weight is 381 g/mol. The van der Waals surface area contributed by atoms with E-state index >= 15 is 0 Å². The van der Waals surface area contributed by atoms with Crippen molar-refractivity contribution in [2.45, 2.75) is 24.8 Å². The van der Waals surface area contributed by atoms with E-state index < -0.39 is 0 Å². The third-order valence-electron chi connectivity index (χ3n) is 5.77. The maximum atomic E-state index is 13.8. The molecule has 1 aliphatic heterocycles. The Morgan fingerprint density at radius 2 is 1.52 bits per heavy atom. The zero-order valence-corrected chi connectivity index (χ0v) is 16.2. The molecule has 4 heteroatoms. The maximum absolute atomic E-state index is 13.8. The van der Waals surface area contributed by atoms with E-state index in [2.05, 4.69) is 4.98 Å². The van der Waals surface area contributed by atoms with Gasteiger partial charge in [0.1, 0.15) is 5.82 Å². The van der Waals surface area contributed by atoms with Crippen molar-refractivity contribution in [3.05, 3.63) is 102 Å². The Bertz CT molecular complexity index is 1050. The Hall–Kier alpha value is -3.40. The topological polar surface area (TPSA) is 49.0 Å². The molecular weight excluding hydrogens is 358 g/mol. The molecule has 144 valence electrons. The fraction of sp³-hybridized carbons (Fsp3) is 0.200. The van der Waals surface area contributed by atoms with Gasteiger partial charge in [0, 0.05) is 6.54 Å². The first kappa shape index (κ1) is 17.7. The van der Waals surface area contributed by atoms with Crippen LogP contribution in [0.2, 0.25) is 0 Å². The molecule has 0 aliphatic carbocycles. The number of rotatable bonds is 4. The highest BCUT2D eigenvalue weighted by Gasteiger charge is 2.36. The van der Waals surface area contributed by atoms with E-state index in [-0.39, 0.29) is 17.9 Å². The molecule has 3 aromatic carbocycles. The number of carbonyl (C=O) groups is 1. The second-order valence-electron chi connectivity index (χ2n) is 7.58. The van der Waals surface area contributed by atoms with E-state index in [1.54, 1.807) is 0 Å². The fourth-order valence-corrected chi connectivity index (χ4v) is 4.38. The van der Waals surface area contributed by atoms with Crippen LogP contribution in [0.5, 0.6) is 0 Å². The molecule has 1 aromatic heterocycles. The Morgan fingerprint density at radius 1 is 0.897 bits per heavy atom. The van der Waals surface area contributed by atoms with Crippen LogP contribution >= 0.6 is 0 Å². The largest absolute Gasteiger partial charge is 0.340 e. The van der Waals surface area contributed by atoms with Gasteiger partial charge in [-0.05, 0) is 36.1 Å². The summed E-state index contributed by atoms with van der Waals surface area (Å²) in [5, 5.41) is 0. The molecule has 1 saturated heterocycles. The van der Waals surface area contributed by atoms with Crippen LogP contribution in [0.15, 0.2) is 84.9 Å². The molecule has 2 heterocycles. The highest BCUT2D eigenvalue weighted by Crippen LogP contribution is 2.36. The number of nitrogens with one attached hydrogen (secondary N) is 1. The molecule has 0 saturated carbocycles. The molecular formula is C25H23N3O. The van der Waals surface area contributed by atoms with Crippen molar-refractivity contribution in [2.75, 3.05) is 6.54 Å². The molecule has 1 N–H and O–H groups in total. The molecule has 0 bridgehead atoms. The molecule has 1 atom stereocenters. The van der Waals surface area contributed by atoms with Crippen LogP contribution < -0.4 is 0 Å². The van der Waals surface area contributed by atoms with Gasteiger partial charge in [-0.3, -0.25) is 4.79 Å². The summed E-state index contributed by atoms with van der Waals surface area (Å²) in [6.07, 6.45) is 1.92. The van der Waals surface area contributed by atoms with Crippen molar-refractivity contribution in [1.29, 1.82) is 0 Å². The third kappa shape index (κ3) is 3.31. The number of hydrogen-bond donors (Lipinski definition) is 1. The molecule has 0 radical (unpaired) electrons. The molecule has 1 fully saturated rings. The van der Waals surface area contributed by atoms with E-state index in [0.717, 1.165) is 47.4 Å². The summed E-state index contributed by atoms with van der Waals surface area (Å²) in [5.41, 5.74) is 4.02. The van der Waals surface area contributed by atoms with Gasteiger partial charge in [0.2, 0.25) is 5.91 Å². The van der Waals surface area contributed by atoms with Gasteiger partial charge >= 0.3 is 0 Å². The van der Waals surface area contributed by atoms with Crippen molar-refractivity contribution in [3.8, 4) is 0 Å². The summed E-state index contributed by atoms with van der Waals surface area (Å²) >= 11 is 0. The SMILES string of the molecule is O=C(C(c1ccccc1)c1ccccc1)N1CCC[C@@H]1c1nc2ccccc2[nH]1. The summed E-state index contributed by atoms with van der Waals surface area (Å²) in [4.78, 5) is 24.1. The Morgan fingerprint density at radius 3 is 2.17 bits per heavy atom. The smallest absolute Gasteiger partial charge is 0.235 e. The zero-order chi connectivity index (χ0) is 19.6. The van der Waals surface area contributed by atoms with Crippen molar-refractivity contribution in [3.63, 3.8) is 0 Å². The minimum Gasteiger partial charge on any atom is -0.340 e. The number of aromatic amines is 1. The molecule has 0 spiro atoms. The van der Waals surface area contributed by atoms with Crippen LogP contribution in [0.1, 0.15) is 41.8 Å². The lowest BCUT2D eigenvalue weighted by atomic mass is 9.90. The van der Waals surface area contributed by atoms with Gasteiger partial charge in [-0.15, -0.1) is 0 Å². The molecule has 5 rings (SSSR count). The first-order valence-corrected chi connectivity index (χ1v) is 10.2. The van der Waals surface area contributed by atoms with Gasteiger partial charge in [0.15, 0.2) is 0 Å². The third-order valence-corrected chi connectivity index (χ3v) is 5.77. The molecule has 4 nitrogen and oxygen atoms in total. The summed E-state index contributed by atoms with van der Waals surface area (Å²) in [6, 6.07) is 28.2. The predicted octanol–water partition coefficient (Wildman–Crippen LogP) is 5.06. The number of hydrogen-bond acceptors (Lipinski definition) is 2. The first-order valence-electron chi connectivity index (χ1n) is 10.2. The highest BCUT2D eigenvalue weighted by atomic mass is 16.2. The lowest BCUT2D eigenvalue weighted by molar-refractivity contribution is -0.133. The summed E-state index contributed by atoms with van der Waals surface area (Å²) < 4.78 is 0. The average Bonchev–Trinajstić information content (AvgIpc) is 3.42. The lowest BCUT2D eigenvalue weighted by Crippen LogP contribution is -2.35. The fourth-order valence-electron chi connectivity index (χ4n) is 4.38. The lowest BCUT2D eigenvalue weighted by Gasteiger charge is -2.28. The summed E-state index contributed by atoms with van der Waals surface area (Å²) in [7, 11) is 0. The van der Waals surface area contributed by atoms with Crippen molar-refractivity contribution in [1.82, 2.24) is 14.9 Å². The van der Waals surface area contributed by atoms with Gasteiger partial charge in [0.05, 0.1) is 23.0 Å². The Kier molecular flexibility index (Phi) is 4.60. The molecule has 1 aliphatic rings. The van der Waals surface area contributed by atoms with E-state index in [1.807, 2.05) is 89.8 Å². The second-order valence-corrected chi connectivity index (χ2v) is 7.58. The van der Waals surface area contributed by atoms with Gasteiger partial charge in [-0.25, -0.2) is 4.98 Å². The zero-order valence-electron chi connectivity index (χ0n) is 16.2. The minimum absolute atomic E-state index is 0.00942. The predicted molar refractivity (Wildman–Crippen MR) is 115 cm³/mol. The van der Waals surface area contributed by atoms with Crippen LogP contribution in [0, 0.1) is 0 Å². The summed E-state index contributed by atoms with van der Waals surface area (Å²) in [5.74, 6) is 0.727. The molecule has 0 unspecified atom stereocenters. The quantitative estimate of drug-likeness (QED) is 0.537. The van der Waals surface area contributed by atoms with Gasteiger partial charge in [0.25, 0.3) is 0 Å². The maximum Gasteiger partial charge on any atom is 0.235 e. The standard InChI is InChI=1S/C25H23N3O/c29-25(23(18-10-3-1-4-11-18)19-12-5-2-6-13-19)28-17-9-16-22(28)24-26-20-14-7-8-15-21(20)27-24/h1-8,10-15,22-23H,9,16-17H2,(H,26,27)/t22-/m1/s1. The molecule has 4 aromatic rings. The van der Waals surface area contributed by atoms with Crippen LogP contribution in [-0.4, -0.2) is 27.3 Å². The Balaban J connectivity index is 1.52. The van der Waals surface area contributed by atoms with Crippen molar-refractivity contribution in [2.24, 2.45) is 0 Å². The molecule has 29 heavy (non-hydrogen) atoms. The van der Waals surface area contributed by atoms with E-state index in [0.29, 0.717) is 0 Å². The number of aromatic nitrogens is 2. The number of amides is 1. The second kappa shape index (κ2) is 7.55. The first-order chi connectivity index (χ1) is 14.3. The number of para-hydroxylation sites is 2. The van der Waals surface area contributed by atoms with Crippen LogP contribution in [0.4, 0.5) is 0 Å². The number of H-pyrrole nitrogens is 1.